The lowest BCUT2D eigenvalue weighted by Crippen LogP contribution is -2.61. The van der Waals surface area contributed by atoms with Gasteiger partial charge in [0.05, 0.1) is 13.2 Å². The van der Waals surface area contributed by atoms with Gasteiger partial charge in [-0.1, -0.05) is 15.9 Å². The van der Waals surface area contributed by atoms with Crippen LogP contribution in [0.1, 0.15) is 36.8 Å². The first kappa shape index (κ1) is 14.8. The number of aliphatic hydroxyl groups excluding tert-OH is 1. The van der Waals surface area contributed by atoms with E-state index >= 15 is 0 Å². The van der Waals surface area contributed by atoms with Crippen molar-refractivity contribution in [1.29, 1.82) is 0 Å². The van der Waals surface area contributed by atoms with Crippen LogP contribution in [0, 0.1) is 5.92 Å². The number of nitrogens with one attached hydrogen (secondary N) is 1. The Morgan fingerprint density at radius 2 is 2.23 bits per heavy atom. The summed E-state index contributed by atoms with van der Waals surface area (Å²) in [6.45, 7) is 0.946. The molecular formula is C17H22BrNO3. The third-order valence-corrected chi connectivity index (χ3v) is 6.75. The number of hydrogen-bond acceptors (Lipinski definition) is 4. The molecule has 1 heterocycles. The van der Waals surface area contributed by atoms with Crippen LogP contribution in [0.5, 0.6) is 11.5 Å². The average molecular weight is 368 g/mol. The zero-order valence-corrected chi connectivity index (χ0v) is 14.3. The number of aliphatic hydroxyl groups is 1. The predicted molar refractivity (Wildman–Crippen MR) is 87.5 cm³/mol. The topological polar surface area (TPSA) is 61.7 Å². The Bertz CT molecular complexity index is 620. The fourth-order valence-corrected chi connectivity index (χ4v) is 5.78. The summed E-state index contributed by atoms with van der Waals surface area (Å²) in [7, 11) is 1.59. The van der Waals surface area contributed by atoms with Crippen LogP contribution in [0.2, 0.25) is 0 Å². The Kier molecular flexibility index (Phi) is 3.44. The Morgan fingerprint density at radius 1 is 1.41 bits per heavy atom. The van der Waals surface area contributed by atoms with Crippen LogP contribution in [-0.2, 0) is 11.8 Å². The third kappa shape index (κ3) is 1.88. The Morgan fingerprint density at radius 3 is 3.00 bits per heavy atom. The summed E-state index contributed by atoms with van der Waals surface area (Å²) in [6, 6.07) is 2.30. The van der Waals surface area contributed by atoms with Crippen molar-refractivity contribution in [2.75, 3.05) is 13.7 Å². The number of hydrogen-bond donors (Lipinski definition) is 3. The minimum atomic E-state index is -0.273. The Hall–Kier alpha value is -0.780. The fraction of sp³-hybridized carbons (Fsp3) is 0.647. The van der Waals surface area contributed by atoms with Crippen molar-refractivity contribution in [3.8, 4) is 11.5 Å². The monoisotopic (exact) mass is 367 g/mol. The van der Waals surface area contributed by atoms with Crippen LogP contribution >= 0.6 is 15.9 Å². The second kappa shape index (κ2) is 5.11. The standard InChI is InChI=1S/C17H22BrNO3/c1-22-14-7-12(18)10-6-13-11-3-2-9(20)8-17(11,4-5-19-13)15(10)16(14)21/h7,9,11,13,19-21H,2-6,8H2,1H3/t9-,11?,13+,17?/m1/s1. The molecule has 1 aliphatic heterocycles. The molecule has 0 radical (unpaired) electrons. The highest BCUT2D eigenvalue weighted by Crippen LogP contribution is 2.58. The molecule has 0 aromatic heterocycles. The molecular weight excluding hydrogens is 346 g/mol. The molecule has 2 fully saturated rings. The van der Waals surface area contributed by atoms with Crippen molar-refractivity contribution in [3.05, 3.63) is 21.7 Å². The summed E-state index contributed by atoms with van der Waals surface area (Å²) in [5, 5.41) is 24.8. The highest BCUT2D eigenvalue weighted by molar-refractivity contribution is 9.10. The lowest BCUT2D eigenvalue weighted by atomic mass is 9.52. The zero-order valence-electron chi connectivity index (χ0n) is 12.7. The largest absolute Gasteiger partial charge is 0.504 e. The first-order valence-corrected chi connectivity index (χ1v) is 8.86. The van der Waals surface area contributed by atoms with E-state index in [4.69, 9.17) is 4.74 Å². The minimum Gasteiger partial charge on any atom is -0.504 e. The van der Waals surface area contributed by atoms with Gasteiger partial charge in [-0.2, -0.15) is 0 Å². The van der Waals surface area contributed by atoms with Crippen molar-refractivity contribution < 1.29 is 14.9 Å². The normalized spacial score (nSPS) is 36.4. The van der Waals surface area contributed by atoms with Crippen molar-refractivity contribution in [2.24, 2.45) is 5.92 Å². The summed E-state index contributed by atoms with van der Waals surface area (Å²) in [4.78, 5) is 0. The van der Waals surface area contributed by atoms with Crippen LogP contribution in [0.4, 0.5) is 0 Å². The van der Waals surface area contributed by atoms with Crippen molar-refractivity contribution in [1.82, 2.24) is 5.32 Å². The highest BCUT2D eigenvalue weighted by Gasteiger charge is 2.55. The lowest BCUT2D eigenvalue weighted by molar-refractivity contribution is 0.00232. The van der Waals surface area contributed by atoms with Gasteiger partial charge in [0.15, 0.2) is 11.5 Å². The molecule has 3 N–H and O–H groups in total. The number of methoxy groups -OCH3 is 1. The van der Waals surface area contributed by atoms with Gasteiger partial charge in [-0.05, 0) is 56.2 Å². The Balaban J connectivity index is 1.97. The molecule has 1 aromatic rings. The predicted octanol–water partition coefficient (Wildman–Crippen LogP) is 2.48. The molecule has 1 saturated heterocycles. The molecule has 1 saturated carbocycles. The summed E-state index contributed by atoms with van der Waals surface area (Å²) in [5.74, 6) is 1.29. The molecule has 4 nitrogen and oxygen atoms in total. The second-order valence-corrected chi connectivity index (χ2v) is 7.83. The smallest absolute Gasteiger partial charge is 0.161 e. The lowest BCUT2D eigenvalue weighted by Gasteiger charge is -2.56. The second-order valence-electron chi connectivity index (χ2n) is 6.98. The van der Waals surface area contributed by atoms with Gasteiger partial charge in [0, 0.05) is 21.5 Å². The minimum absolute atomic E-state index is 0.123. The number of ether oxygens (including phenoxy) is 1. The van der Waals surface area contributed by atoms with Crippen molar-refractivity contribution in [2.45, 2.75) is 49.7 Å². The summed E-state index contributed by atoms with van der Waals surface area (Å²) < 4.78 is 6.38. The highest BCUT2D eigenvalue weighted by atomic mass is 79.9. The van der Waals surface area contributed by atoms with Gasteiger partial charge in [-0.3, -0.25) is 0 Å². The van der Waals surface area contributed by atoms with Gasteiger partial charge < -0.3 is 20.3 Å². The van der Waals surface area contributed by atoms with Gasteiger partial charge >= 0.3 is 0 Å². The number of benzene rings is 1. The van der Waals surface area contributed by atoms with Gasteiger partial charge in [-0.25, -0.2) is 0 Å². The van der Waals surface area contributed by atoms with Gasteiger partial charge in [-0.15, -0.1) is 0 Å². The fourth-order valence-electron chi connectivity index (χ4n) is 5.21. The molecule has 4 rings (SSSR count). The molecule has 2 unspecified atom stereocenters. The molecule has 0 spiro atoms. The van der Waals surface area contributed by atoms with E-state index in [1.807, 2.05) is 6.07 Å². The maximum Gasteiger partial charge on any atom is 0.161 e. The number of rotatable bonds is 1. The molecule has 2 aliphatic carbocycles. The van der Waals surface area contributed by atoms with E-state index in [0.29, 0.717) is 17.7 Å². The van der Waals surface area contributed by atoms with Gasteiger partial charge in [0.1, 0.15) is 0 Å². The van der Waals surface area contributed by atoms with Crippen molar-refractivity contribution in [3.63, 3.8) is 0 Å². The van der Waals surface area contributed by atoms with Gasteiger partial charge in [0.25, 0.3) is 0 Å². The van der Waals surface area contributed by atoms with Gasteiger partial charge in [0.2, 0.25) is 0 Å². The number of piperidine rings is 1. The quantitative estimate of drug-likeness (QED) is 0.713. The number of phenols is 1. The van der Waals surface area contributed by atoms with E-state index in [1.165, 1.54) is 5.56 Å². The number of phenolic OH excluding ortho intramolecular Hbond substituents is 1. The SMILES string of the molecule is COc1cc(Br)c2c(c1O)C13CCN[C@@H](C2)C1CC[C@@H](O)C3. The molecule has 0 amide bonds. The molecule has 3 aliphatic rings. The zero-order chi connectivity index (χ0) is 15.5. The van der Waals surface area contributed by atoms with E-state index in [9.17, 15) is 10.2 Å². The molecule has 22 heavy (non-hydrogen) atoms. The van der Waals surface area contributed by atoms with Crippen molar-refractivity contribution >= 4 is 15.9 Å². The summed E-state index contributed by atoms with van der Waals surface area (Å²) >= 11 is 3.66. The Labute approximate surface area is 139 Å². The number of fused-ring (bicyclic) bond motifs is 1. The molecule has 1 aromatic carbocycles. The third-order valence-electron chi connectivity index (χ3n) is 6.04. The molecule has 5 heteroatoms. The van der Waals surface area contributed by atoms with Crippen LogP contribution in [0.25, 0.3) is 0 Å². The van der Waals surface area contributed by atoms with E-state index in [1.54, 1.807) is 7.11 Å². The summed E-state index contributed by atoms with van der Waals surface area (Å²) in [5.41, 5.74) is 2.09. The van der Waals surface area contributed by atoms with Crippen LogP contribution in [-0.4, -0.2) is 36.0 Å². The first-order valence-electron chi connectivity index (χ1n) is 8.07. The molecule has 120 valence electrons. The molecule has 4 atom stereocenters. The summed E-state index contributed by atoms with van der Waals surface area (Å²) in [6.07, 6.45) is 4.25. The first-order chi connectivity index (χ1) is 10.6. The molecule has 2 bridgehead atoms. The van der Waals surface area contributed by atoms with E-state index in [-0.39, 0.29) is 17.3 Å². The van der Waals surface area contributed by atoms with Crippen LogP contribution < -0.4 is 10.1 Å². The van der Waals surface area contributed by atoms with Crippen LogP contribution in [0.3, 0.4) is 0 Å². The van der Waals surface area contributed by atoms with E-state index in [0.717, 1.165) is 48.7 Å². The maximum absolute atomic E-state index is 10.8. The number of halogens is 1. The van der Waals surface area contributed by atoms with E-state index in [2.05, 4.69) is 21.2 Å². The average Bonchev–Trinajstić information content (AvgIpc) is 2.49. The van der Waals surface area contributed by atoms with E-state index < -0.39 is 0 Å². The number of aromatic hydroxyl groups is 1. The van der Waals surface area contributed by atoms with Crippen LogP contribution in [0.15, 0.2) is 10.5 Å². The maximum atomic E-state index is 10.8.